The number of rotatable bonds is 5. The fraction of sp³-hybridized carbons (Fsp3) is 0.353. The second-order valence-electron chi connectivity index (χ2n) is 6.47. The number of alkyl halides is 3. The van der Waals surface area contributed by atoms with Gasteiger partial charge in [-0.2, -0.15) is 18.4 Å². The van der Waals surface area contributed by atoms with Crippen LogP contribution in [-0.2, 0) is 18.0 Å². The highest BCUT2D eigenvalue weighted by Gasteiger charge is 2.59. The van der Waals surface area contributed by atoms with Crippen LogP contribution in [-0.4, -0.2) is 31.4 Å². The third-order valence-corrected chi connectivity index (χ3v) is 5.82. The van der Waals surface area contributed by atoms with Crippen molar-refractivity contribution in [2.75, 3.05) is 5.32 Å². The number of nitriles is 1. The monoisotopic (exact) mass is 411 g/mol. The van der Waals surface area contributed by atoms with E-state index in [1.165, 1.54) is 42.2 Å². The van der Waals surface area contributed by atoms with Gasteiger partial charge in [-0.15, -0.1) is 0 Å². The molecule has 11 heteroatoms. The molecule has 0 bridgehead atoms. The summed E-state index contributed by atoms with van der Waals surface area (Å²) in [5, 5.41) is 11.4. The minimum Gasteiger partial charge on any atom is -0.345 e. The van der Waals surface area contributed by atoms with E-state index in [1.807, 2.05) is 6.07 Å². The second-order valence-corrected chi connectivity index (χ2v) is 7.68. The van der Waals surface area contributed by atoms with Crippen molar-refractivity contribution in [3.8, 4) is 6.07 Å². The summed E-state index contributed by atoms with van der Waals surface area (Å²) in [6, 6.07) is 5.99. The van der Waals surface area contributed by atoms with E-state index in [4.69, 9.17) is 5.26 Å². The molecule has 2 aromatic heterocycles. The van der Waals surface area contributed by atoms with Crippen molar-refractivity contribution < 1.29 is 22.2 Å². The zero-order valence-corrected chi connectivity index (χ0v) is 15.5. The Hall–Kier alpha value is -2.71. The van der Waals surface area contributed by atoms with Gasteiger partial charge in [0, 0.05) is 25.1 Å². The molecule has 7 nitrogen and oxygen atoms in total. The van der Waals surface area contributed by atoms with Gasteiger partial charge in [-0.3, -0.25) is 4.79 Å². The molecule has 0 aromatic carbocycles. The minimum atomic E-state index is -4.50. The van der Waals surface area contributed by atoms with Crippen molar-refractivity contribution in [1.29, 1.82) is 5.26 Å². The molecule has 1 saturated carbocycles. The van der Waals surface area contributed by atoms with E-state index in [-0.39, 0.29) is 29.1 Å². The van der Waals surface area contributed by atoms with Gasteiger partial charge in [0.2, 0.25) is 0 Å². The number of halogens is 3. The lowest BCUT2D eigenvalue weighted by atomic mass is 9.77. The van der Waals surface area contributed by atoms with Gasteiger partial charge >= 0.3 is 6.18 Å². The number of carbonyl (C=O) groups excluding carboxylic acids is 1. The zero-order valence-electron chi connectivity index (χ0n) is 14.7. The number of hydrogen-bond acceptors (Lipinski definition) is 4. The van der Waals surface area contributed by atoms with Crippen LogP contribution in [0.4, 0.5) is 18.9 Å². The van der Waals surface area contributed by atoms with E-state index in [1.54, 1.807) is 0 Å². The maximum Gasteiger partial charge on any atom is 0.407 e. The highest BCUT2D eigenvalue weighted by atomic mass is 32.2. The number of carbonyl (C=O) groups is 1. The molecule has 1 amide bonds. The number of amides is 1. The number of nitrogens with one attached hydrogen (secondary N) is 2. The Bertz CT molecular complexity index is 976. The van der Waals surface area contributed by atoms with Gasteiger partial charge in [0.1, 0.15) is 34.0 Å². The van der Waals surface area contributed by atoms with E-state index in [0.29, 0.717) is 12.1 Å². The zero-order chi connectivity index (χ0) is 20.5. The van der Waals surface area contributed by atoms with Crippen molar-refractivity contribution in [3.63, 3.8) is 0 Å². The minimum absolute atomic E-state index is 0.0654. The average Bonchev–Trinajstić information content (AvgIpc) is 2.99. The van der Waals surface area contributed by atoms with Crippen LogP contribution in [0.2, 0.25) is 0 Å². The van der Waals surface area contributed by atoms with E-state index in [0.717, 1.165) is 0 Å². The van der Waals surface area contributed by atoms with E-state index in [2.05, 4.69) is 15.0 Å². The first-order valence-corrected chi connectivity index (χ1v) is 9.40. The van der Waals surface area contributed by atoms with Crippen LogP contribution in [0, 0.1) is 11.3 Å². The Balaban J connectivity index is 1.76. The van der Waals surface area contributed by atoms with Crippen molar-refractivity contribution in [2.45, 2.75) is 35.9 Å². The van der Waals surface area contributed by atoms with Crippen LogP contribution < -0.4 is 10.0 Å². The quantitative estimate of drug-likeness (QED) is 0.790. The molecule has 0 aliphatic heterocycles. The van der Waals surface area contributed by atoms with Gasteiger partial charge in [0.15, 0.2) is 0 Å². The summed E-state index contributed by atoms with van der Waals surface area (Å²) in [6.45, 7) is 0. The Morgan fingerprint density at radius 3 is 2.68 bits per heavy atom. The lowest BCUT2D eigenvalue weighted by Gasteiger charge is -2.42. The average molecular weight is 411 g/mol. The van der Waals surface area contributed by atoms with Gasteiger partial charge in [0.25, 0.3) is 5.91 Å². The molecule has 1 unspecified atom stereocenters. The summed E-state index contributed by atoms with van der Waals surface area (Å²) in [5.41, 5.74) is -1.59. The normalized spacial score (nSPS) is 16.7. The lowest BCUT2D eigenvalue weighted by Crippen LogP contribution is -2.61. The summed E-state index contributed by atoms with van der Waals surface area (Å²) < 4.78 is 55.8. The molecule has 1 fully saturated rings. The van der Waals surface area contributed by atoms with Crippen LogP contribution in [0.5, 0.6) is 0 Å². The highest BCUT2D eigenvalue weighted by molar-refractivity contribution is 7.83. The molecule has 3 rings (SSSR count). The molecule has 0 saturated heterocycles. The highest BCUT2D eigenvalue weighted by Crippen LogP contribution is 2.45. The smallest absolute Gasteiger partial charge is 0.345 e. The summed E-state index contributed by atoms with van der Waals surface area (Å²) in [7, 11) is -0.610. The van der Waals surface area contributed by atoms with Crippen molar-refractivity contribution in [3.05, 3.63) is 42.0 Å². The van der Waals surface area contributed by atoms with Crippen molar-refractivity contribution in [1.82, 2.24) is 14.3 Å². The third-order valence-electron chi connectivity index (χ3n) is 4.60. The third kappa shape index (κ3) is 3.79. The van der Waals surface area contributed by atoms with Gasteiger partial charge in [-0.25, -0.2) is 13.9 Å². The number of nitrogens with zero attached hydrogens (tertiary/aromatic N) is 3. The van der Waals surface area contributed by atoms with Crippen molar-refractivity contribution >= 4 is 22.6 Å². The molecule has 1 aliphatic carbocycles. The molecule has 2 heterocycles. The summed E-state index contributed by atoms with van der Waals surface area (Å²) in [6.07, 6.45) is -1.66. The Labute approximate surface area is 161 Å². The summed E-state index contributed by atoms with van der Waals surface area (Å²) >= 11 is 0. The maximum absolute atomic E-state index is 13.3. The largest absolute Gasteiger partial charge is 0.407 e. The fourth-order valence-corrected chi connectivity index (χ4v) is 4.10. The number of aromatic nitrogens is 2. The molecule has 2 aromatic rings. The summed E-state index contributed by atoms with van der Waals surface area (Å²) in [5.74, 6) is -0.560. The molecular formula is C17H16F3N5O2S. The molecule has 148 valence electrons. The predicted molar refractivity (Wildman–Crippen MR) is 94.5 cm³/mol. The fourth-order valence-electron chi connectivity index (χ4n) is 2.84. The standard InChI is InChI=1S/C17H16F3N5O2S/c1-25-10-13(28(27)24-16(4-2-5-16)17(18,19)20)8-14(25)15(26)23-11-3-6-22-12(7-11)9-21/h3,6-8,10,24H,2,4-5H2,1H3,(H,22,23,26). The van der Waals surface area contributed by atoms with Crippen LogP contribution in [0.1, 0.15) is 35.4 Å². The number of aryl methyl sites for hydroxylation is 1. The Morgan fingerprint density at radius 1 is 1.39 bits per heavy atom. The van der Waals surface area contributed by atoms with Gasteiger partial charge in [-0.05, 0) is 37.5 Å². The van der Waals surface area contributed by atoms with Crippen LogP contribution in [0.15, 0.2) is 35.5 Å². The SMILES string of the molecule is Cn1cc(S(=O)NC2(C(F)(F)F)CCC2)cc1C(=O)Nc1ccnc(C#N)c1. The number of anilines is 1. The second kappa shape index (κ2) is 7.37. The molecule has 0 radical (unpaired) electrons. The van der Waals surface area contributed by atoms with Gasteiger partial charge in [-0.1, -0.05) is 0 Å². The van der Waals surface area contributed by atoms with E-state index in [9.17, 15) is 22.2 Å². The van der Waals surface area contributed by atoms with Crippen LogP contribution in [0.3, 0.4) is 0 Å². The number of hydrogen-bond donors (Lipinski definition) is 2. The van der Waals surface area contributed by atoms with Gasteiger partial charge < -0.3 is 9.88 Å². The molecule has 0 spiro atoms. The maximum atomic E-state index is 13.3. The molecule has 28 heavy (non-hydrogen) atoms. The summed E-state index contributed by atoms with van der Waals surface area (Å²) in [4.78, 5) is 16.3. The molecular weight excluding hydrogens is 395 g/mol. The predicted octanol–water partition coefficient (Wildman–Crippen LogP) is 2.64. The van der Waals surface area contributed by atoms with Crippen molar-refractivity contribution in [2.24, 2.45) is 7.05 Å². The topological polar surface area (TPSA) is 99.8 Å². The molecule has 2 N–H and O–H groups in total. The lowest BCUT2D eigenvalue weighted by molar-refractivity contribution is -0.211. The Morgan fingerprint density at radius 2 is 2.11 bits per heavy atom. The van der Waals surface area contributed by atoms with E-state index >= 15 is 0 Å². The van der Waals surface area contributed by atoms with Gasteiger partial charge in [0.05, 0.1) is 4.90 Å². The molecule has 1 atom stereocenters. The first kappa shape index (κ1) is 20.0. The van der Waals surface area contributed by atoms with E-state index < -0.39 is 28.6 Å². The Kier molecular flexibility index (Phi) is 5.27. The van der Waals surface area contributed by atoms with Crippen LogP contribution >= 0.6 is 0 Å². The molecule has 1 aliphatic rings. The van der Waals surface area contributed by atoms with Crippen LogP contribution in [0.25, 0.3) is 0 Å². The number of pyridine rings is 1. The first-order chi connectivity index (χ1) is 13.1. The first-order valence-electron chi connectivity index (χ1n) is 8.25.